The molecular weight excluding hydrogens is 395 g/mol. The lowest BCUT2D eigenvalue weighted by molar-refractivity contribution is -0.137. The Bertz CT molecular complexity index is 887. The fourth-order valence-electron chi connectivity index (χ4n) is 3.43. The number of nitrogens with one attached hydrogen (secondary N) is 1. The lowest BCUT2D eigenvalue weighted by atomic mass is 10.1. The van der Waals surface area contributed by atoms with E-state index in [4.69, 9.17) is 0 Å². The highest BCUT2D eigenvalue weighted by molar-refractivity contribution is 5.95. The van der Waals surface area contributed by atoms with Crippen LogP contribution < -0.4 is 10.2 Å². The highest BCUT2D eigenvalue weighted by Crippen LogP contribution is 2.30. The van der Waals surface area contributed by atoms with Crippen molar-refractivity contribution in [2.75, 3.05) is 36.4 Å². The molecule has 3 rings (SSSR count). The molecule has 0 saturated carbocycles. The number of hydrogen-bond acceptors (Lipinski definition) is 4. The molecule has 1 aliphatic rings. The zero-order valence-corrected chi connectivity index (χ0v) is 16.9. The molecule has 5 nitrogen and oxygen atoms in total. The minimum absolute atomic E-state index is 0.0271. The van der Waals surface area contributed by atoms with Gasteiger partial charge in [0.15, 0.2) is 5.78 Å². The number of carbonyl (C=O) groups is 2. The van der Waals surface area contributed by atoms with Gasteiger partial charge in [0.1, 0.15) is 0 Å². The fourth-order valence-corrected chi connectivity index (χ4v) is 3.43. The van der Waals surface area contributed by atoms with Crippen molar-refractivity contribution in [3.63, 3.8) is 0 Å². The van der Waals surface area contributed by atoms with E-state index in [1.54, 1.807) is 6.92 Å². The molecule has 30 heavy (non-hydrogen) atoms. The third-order valence-electron chi connectivity index (χ3n) is 5.36. The number of rotatable bonds is 5. The number of hydrogen-bond donors (Lipinski definition) is 1. The molecule has 0 aromatic heterocycles. The van der Waals surface area contributed by atoms with Crippen molar-refractivity contribution in [2.45, 2.75) is 26.1 Å². The number of amides is 1. The van der Waals surface area contributed by atoms with Gasteiger partial charge in [0.05, 0.1) is 11.6 Å². The summed E-state index contributed by atoms with van der Waals surface area (Å²) in [5.74, 6) is -0.228. The van der Waals surface area contributed by atoms with E-state index in [0.29, 0.717) is 24.3 Å². The molecule has 1 fully saturated rings. The van der Waals surface area contributed by atoms with Gasteiger partial charge in [-0.25, -0.2) is 0 Å². The first-order chi connectivity index (χ1) is 14.1. The summed E-state index contributed by atoms with van der Waals surface area (Å²) in [7, 11) is 0. The number of carbonyl (C=O) groups excluding carboxylic acids is 2. The Kier molecular flexibility index (Phi) is 6.45. The van der Waals surface area contributed by atoms with Crippen LogP contribution in [0.2, 0.25) is 0 Å². The highest BCUT2D eigenvalue weighted by Gasteiger charge is 2.30. The maximum atomic E-state index is 12.6. The Morgan fingerprint density at radius 3 is 2.00 bits per heavy atom. The second kappa shape index (κ2) is 8.87. The van der Waals surface area contributed by atoms with E-state index in [1.165, 1.54) is 19.1 Å². The third kappa shape index (κ3) is 5.18. The van der Waals surface area contributed by atoms with E-state index in [0.717, 1.165) is 30.9 Å². The van der Waals surface area contributed by atoms with E-state index in [1.807, 2.05) is 29.2 Å². The third-order valence-corrected chi connectivity index (χ3v) is 5.36. The molecule has 1 saturated heterocycles. The summed E-state index contributed by atoms with van der Waals surface area (Å²) in [5, 5.41) is 2.68. The number of ketones is 1. The van der Waals surface area contributed by atoms with Gasteiger partial charge in [-0.1, -0.05) is 0 Å². The summed E-state index contributed by atoms with van der Waals surface area (Å²) in [6.07, 6.45) is -4.40. The molecule has 1 heterocycles. The van der Waals surface area contributed by atoms with E-state index < -0.39 is 17.8 Å². The monoisotopic (exact) mass is 419 g/mol. The average Bonchev–Trinajstić information content (AvgIpc) is 2.73. The van der Waals surface area contributed by atoms with Gasteiger partial charge in [-0.3, -0.25) is 14.5 Å². The highest BCUT2D eigenvalue weighted by atomic mass is 19.4. The second-order valence-electron chi connectivity index (χ2n) is 7.37. The standard InChI is InChI=1S/C22H24F3N3O2/c1-15(21(30)26-19-7-5-18(6-8-19)22(23,24)25)27-11-13-28(14-12-27)20-9-3-17(4-10-20)16(2)29/h3-10,15H,11-14H2,1-2H3,(H,26,30)/t15-/m0/s1. The van der Waals surface area contributed by atoms with Crippen molar-refractivity contribution < 1.29 is 22.8 Å². The average molecular weight is 419 g/mol. The van der Waals surface area contributed by atoms with Crippen LogP contribution in [0.1, 0.15) is 29.8 Å². The van der Waals surface area contributed by atoms with Crippen molar-refractivity contribution in [3.05, 3.63) is 59.7 Å². The van der Waals surface area contributed by atoms with E-state index >= 15 is 0 Å². The first kappa shape index (κ1) is 21.8. The summed E-state index contributed by atoms with van der Waals surface area (Å²) >= 11 is 0. The zero-order valence-electron chi connectivity index (χ0n) is 16.9. The van der Waals surface area contributed by atoms with Gasteiger partial charge >= 0.3 is 6.18 Å². The van der Waals surface area contributed by atoms with Crippen LogP contribution in [0, 0.1) is 0 Å². The Balaban J connectivity index is 1.53. The predicted molar refractivity (Wildman–Crippen MR) is 110 cm³/mol. The lowest BCUT2D eigenvalue weighted by Crippen LogP contribution is -2.52. The first-order valence-corrected chi connectivity index (χ1v) is 9.73. The first-order valence-electron chi connectivity index (χ1n) is 9.73. The number of anilines is 2. The van der Waals surface area contributed by atoms with Crippen molar-refractivity contribution in [2.24, 2.45) is 0 Å². The summed E-state index contributed by atoms with van der Waals surface area (Å²) in [5.41, 5.74) is 1.29. The maximum absolute atomic E-state index is 12.6. The zero-order chi connectivity index (χ0) is 21.9. The Hall–Kier alpha value is -2.87. The molecule has 1 amide bonds. The Morgan fingerprint density at radius 2 is 1.50 bits per heavy atom. The number of alkyl halides is 3. The molecule has 160 valence electrons. The molecule has 1 aliphatic heterocycles. The van der Waals surface area contributed by atoms with Crippen LogP contribution >= 0.6 is 0 Å². The van der Waals surface area contributed by atoms with E-state index in [-0.39, 0.29) is 11.7 Å². The van der Waals surface area contributed by atoms with Crippen molar-refractivity contribution in [1.29, 1.82) is 0 Å². The number of halogens is 3. The van der Waals surface area contributed by atoms with Crippen molar-refractivity contribution >= 4 is 23.1 Å². The van der Waals surface area contributed by atoms with Gasteiger partial charge < -0.3 is 10.2 Å². The number of piperazine rings is 1. The Morgan fingerprint density at radius 1 is 0.933 bits per heavy atom. The minimum atomic E-state index is -4.40. The normalized spacial score (nSPS) is 16.2. The van der Waals surface area contributed by atoms with Crippen LogP contribution in [-0.2, 0) is 11.0 Å². The molecule has 0 aliphatic carbocycles. The predicted octanol–water partition coefficient (Wildman–Crippen LogP) is 4.06. The van der Waals surface area contributed by atoms with E-state index in [2.05, 4.69) is 10.2 Å². The lowest BCUT2D eigenvalue weighted by Gasteiger charge is -2.38. The van der Waals surface area contributed by atoms with Crippen LogP contribution in [0.5, 0.6) is 0 Å². The van der Waals surface area contributed by atoms with Gasteiger partial charge in [-0.15, -0.1) is 0 Å². The van der Waals surface area contributed by atoms with Gasteiger partial charge in [-0.05, 0) is 62.4 Å². The second-order valence-corrected chi connectivity index (χ2v) is 7.37. The summed E-state index contributed by atoms with van der Waals surface area (Å²) in [4.78, 5) is 28.2. The van der Waals surface area contributed by atoms with Crippen LogP contribution in [0.15, 0.2) is 48.5 Å². The Labute approximate surface area is 173 Å². The number of benzene rings is 2. The van der Waals surface area contributed by atoms with E-state index in [9.17, 15) is 22.8 Å². The van der Waals surface area contributed by atoms with Crippen LogP contribution in [0.4, 0.5) is 24.5 Å². The van der Waals surface area contributed by atoms with Crippen LogP contribution in [0.3, 0.4) is 0 Å². The van der Waals surface area contributed by atoms with Gasteiger partial charge in [0.25, 0.3) is 0 Å². The van der Waals surface area contributed by atoms with Gasteiger partial charge in [0, 0.05) is 43.1 Å². The summed E-state index contributed by atoms with van der Waals surface area (Å²) < 4.78 is 37.9. The quantitative estimate of drug-likeness (QED) is 0.743. The van der Waals surface area contributed by atoms with Crippen LogP contribution in [0.25, 0.3) is 0 Å². The molecule has 2 aromatic carbocycles. The van der Waals surface area contributed by atoms with Crippen molar-refractivity contribution in [3.8, 4) is 0 Å². The molecule has 2 aromatic rings. The molecule has 0 bridgehead atoms. The fraction of sp³-hybridized carbons (Fsp3) is 0.364. The molecule has 1 N–H and O–H groups in total. The summed E-state index contributed by atoms with van der Waals surface area (Å²) in [6.45, 7) is 6.14. The molecule has 1 atom stereocenters. The molecule has 0 spiro atoms. The topological polar surface area (TPSA) is 52.7 Å². The van der Waals surface area contributed by atoms with Crippen LogP contribution in [-0.4, -0.2) is 48.8 Å². The number of Topliss-reactive ketones (excluding diaryl/α,β-unsaturated/α-hetero) is 1. The SMILES string of the molecule is CC(=O)c1ccc(N2CCN([C@@H](C)C(=O)Nc3ccc(C(F)(F)F)cc3)CC2)cc1. The summed E-state index contributed by atoms with van der Waals surface area (Å²) in [6, 6.07) is 11.5. The minimum Gasteiger partial charge on any atom is -0.369 e. The molecule has 8 heteroatoms. The van der Waals surface area contributed by atoms with Gasteiger partial charge in [0.2, 0.25) is 5.91 Å². The largest absolute Gasteiger partial charge is 0.416 e. The maximum Gasteiger partial charge on any atom is 0.416 e. The van der Waals surface area contributed by atoms with Gasteiger partial charge in [-0.2, -0.15) is 13.2 Å². The van der Waals surface area contributed by atoms with Crippen molar-refractivity contribution in [1.82, 2.24) is 4.90 Å². The molecule has 0 radical (unpaired) electrons. The molecule has 0 unspecified atom stereocenters. The molecular formula is C22H24F3N3O2. The number of nitrogens with zero attached hydrogens (tertiary/aromatic N) is 2. The smallest absolute Gasteiger partial charge is 0.369 e.